The number of carboxylic acid groups (broad SMARTS) is 1. The molecule has 1 aromatic heterocycles. The lowest BCUT2D eigenvalue weighted by Crippen LogP contribution is -2.36. The number of hydrogen-bond donors (Lipinski definition) is 2. The van der Waals surface area contributed by atoms with Gasteiger partial charge in [-0.05, 0) is 12.8 Å². The Kier molecular flexibility index (Phi) is 4.52. The topological polar surface area (TPSA) is 79.3 Å². The zero-order valence-corrected chi connectivity index (χ0v) is 11.5. The smallest absolute Gasteiger partial charge is 0.310 e. The highest BCUT2D eigenvalue weighted by Crippen LogP contribution is 2.41. The van der Waals surface area contributed by atoms with E-state index in [1.165, 1.54) is 11.3 Å². The average molecular weight is 282 g/mol. The van der Waals surface area contributed by atoms with Gasteiger partial charge in [0.2, 0.25) is 5.91 Å². The first-order chi connectivity index (χ1) is 9.12. The van der Waals surface area contributed by atoms with Gasteiger partial charge in [0.05, 0.1) is 16.6 Å². The fourth-order valence-electron chi connectivity index (χ4n) is 2.58. The molecular formula is C13H18N2O3S. The highest BCUT2D eigenvalue weighted by Gasteiger charge is 2.42. The van der Waals surface area contributed by atoms with E-state index < -0.39 is 11.4 Å². The van der Waals surface area contributed by atoms with E-state index in [2.05, 4.69) is 10.3 Å². The Morgan fingerprint density at radius 1 is 1.42 bits per heavy atom. The summed E-state index contributed by atoms with van der Waals surface area (Å²) in [5.74, 6) is -1.00. The Morgan fingerprint density at radius 3 is 2.74 bits per heavy atom. The minimum Gasteiger partial charge on any atom is -0.481 e. The number of aliphatic carboxylic acids is 1. The van der Waals surface area contributed by atoms with Crippen LogP contribution in [0, 0.1) is 5.41 Å². The molecule has 1 aromatic rings. The Balaban J connectivity index is 1.78. The molecule has 0 saturated heterocycles. The average Bonchev–Trinajstić information content (AvgIpc) is 3.00. The van der Waals surface area contributed by atoms with E-state index in [4.69, 9.17) is 0 Å². The summed E-state index contributed by atoms with van der Waals surface area (Å²) in [6.45, 7) is 0.512. The van der Waals surface area contributed by atoms with Crippen LogP contribution in [0.4, 0.5) is 0 Å². The van der Waals surface area contributed by atoms with Crippen LogP contribution >= 0.6 is 11.3 Å². The highest BCUT2D eigenvalue weighted by molar-refractivity contribution is 7.07. The second kappa shape index (κ2) is 6.14. The van der Waals surface area contributed by atoms with Gasteiger partial charge in [-0.1, -0.05) is 12.8 Å². The van der Waals surface area contributed by atoms with E-state index >= 15 is 0 Å². The quantitative estimate of drug-likeness (QED) is 0.834. The molecule has 1 heterocycles. The summed E-state index contributed by atoms with van der Waals surface area (Å²) in [7, 11) is 0. The predicted octanol–water partition coefficient (Wildman–Crippen LogP) is 1.84. The summed E-state index contributed by atoms with van der Waals surface area (Å²) in [4.78, 5) is 27.3. The van der Waals surface area contributed by atoms with Crippen LogP contribution in [-0.2, 0) is 16.0 Å². The van der Waals surface area contributed by atoms with Gasteiger partial charge in [-0.25, -0.2) is 4.98 Å². The number of rotatable bonds is 6. The van der Waals surface area contributed by atoms with Gasteiger partial charge in [0.1, 0.15) is 0 Å². The molecule has 19 heavy (non-hydrogen) atoms. The first kappa shape index (κ1) is 14.0. The summed E-state index contributed by atoms with van der Waals surface area (Å²) in [5.41, 5.74) is 1.89. The molecule has 5 nitrogen and oxygen atoms in total. The molecule has 1 saturated carbocycles. The van der Waals surface area contributed by atoms with Crippen LogP contribution in [0.25, 0.3) is 0 Å². The Bertz CT molecular complexity index is 439. The van der Waals surface area contributed by atoms with Crippen molar-refractivity contribution in [3.63, 3.8) is 0 Å². The van der Waals surface area contributed by atoms with Crippen LogP contribution < -0.4 is 5.32 Å². The fourth-order valence-corrected chi connectivity index (χ4v) is 3.17. The van der Waals surface area contributed by atoms with Crippen LogP contribution in [0.2, 0.25) is 0 Å². The van der Waals surface area contributed by atoms with E-state index in [0.717, 1.165) is 18.5 Å². The molecular weight excluding hydrogens is 264 g/mol. The lowest BCUT2D eigenvalue weighted by molar-refractivity contribution is -0.151. The van der Waals surface area contributed by atoms with Crippen molar-refractivity contribution in [3.8, 4) is 0 Å². The van der Waals surface area contributed by atoms with E-state index in [-0.39, 0.29) is 12.3 Å². The molecule has 1 aliphatic carbocycles. The molecule has 0 aromatic carbocycles. The molecule has 0 spiro atoms. The lowest BCUT2D eigenvalue weighted by atomic mass is 9.82. The number of aromatic nitrogens is 1. The van der Waals surface area contributed by atoms with E-state index in [1.807, 2.05) is 5.38 Å². The predicted molar refractivity (Wildman–Crippen MR) is 72.0 cm³/mol. The third kappa shape index (κ3) is 3.53. The molecule has 0 bridgehead atoms. The maximum atomic E-state index is 11.8. The minimum atomic E-state index is -0.834. The third-order valence-electron chi connectivity index (χ3n) is 3.70. The van der Waals surface area contributed by atoms with Gasteiger partial charge in [0, 0.05) is 24.8 Å². The van der Waals surface area contributed by atoms with Gasteiger partial charge in [0.25, 0.3) is 0 Å². The Labute approximate surface area is 116 Å². The molecule has 1 amide bonds. The zero-order chi connectivity index (χ0) is 13.7. The summed E-state index contributed by atoms with van der Waals surface area (Å²) in [5, 5.41) is 14.0. The highest BCUT2D eigenvalue weighted by atomic mass is 32.1. The molecule has 2 rings (SSSR count). The third-order valence-corrected chi connectivity index (χ3v) is 4.34. The number of nitrogens with one attached hydrogen (secondary N) is 1. The second-order valence-electron chi connectivity index (χ2n) is 5.05. The van der Waals surface area contributed by atoms with Crippen LogP contribution in [0.15, 0.2) is 10.9 Å². The number of amides is 1. The van der Waals surface area contributed by atoms with Crippen molar-refractivity contribution in [3.05, 3.63) is 16.6 Å². The normalized spacial score (nSPS) is 17.3. The largest absolute Gasteiger partial charge is 0.481 e. The van der Waals surface area contributed by atoms with E-state index in [1.54, 1.807) is 5.51 Å². The van der Waals surface area contributed by atoms with Crippen molar-refractivity contribution in [2.45, 2.75) is 38.5 Å². The van der Waals surface area contributed by atoms with Crippen LogP contribution in [0.3, 0.4) is 0 Å². The summed E-state index contributed by atoms with van der Waals surface area (Å²) in [6, 6.07) is 0. The van der Waals surface area contributed by atoms with Crippen molar-refractivity contribution in [1.82, 2.24) is 10.3 Å². The zero-order valence-electron chi connectivity index (χ0n) is 10.7. The van der Waals surface area contributed by atoms with Crippen molar-refractivity contribution >= 4 is 23.2 Å². The van der Waals surface area contributed by atoms with E-state index in [0.29, 0.717) is 25.8 Å². The number of carboxylic acids is 1. The SMILES string of the molecule is O=C(CC1(C(=O)O)CCCC1)NCCc1cscn1. The number of carbonyl (C=O) groups is 2. The summed E-state index contributed by atoms with van der Waals surface area (Å²) < 4.78 is 0. The molecule has 0 unspecified atom stereocenters. The van der Waals surface area contributed by atoms with Crippen molar-refractivity contribution < 1.29 is 14.7 Å². The number of nitrogens with zero attached hydrogens (tertiary/aromatic N) is 1. The number of thiazole rings is 1. The Hall–Kier alpha value is -1.43. The molecule has 0 aliphatic heterocycles. The minimum absolute atomic E-state index is 0.0966. The van der Waals surface area contributed by atoms with Gasteiger partial charge in [0.15, 0.2) is 0 Å². The number of carbonyl (C=O) groups excluding carboxylic acids is 1. The van der Waals surface area contributed by atoms with Crippen molar-refractivity contribution in [2.24, 2.45) is 5.41 Å². The molecule has 1 fully saturated rings. The molecule has 2 N–H and O–H groups in total. The molecule has 0 atom stereocenters. The molecule has 0 radical (unpaired) electrons. The maximum absolute atomic E-state index is 11.8. The van der Waals surface area contributed by atoms with E-state index in [9.17, 15) is 14.7 Å². The lowest BCUT2D eigenvalue weighted by Gasteiger charge is -2.22. The van der Waals surface area contributed by atoms with Crippen LogP contribution in [0.5, 0.6) is 0 Å². The van der Waals surface area contributed by atoms with Gasteiger partial charge < -0.3 is 10.4 Å². The maximum Gasteiger partial charge on any atom is 0.310 e. The molecule has 1 aliphatic rings. The second-order valence-corrected chi connectivity index (χ2v) is 5.77. The Morgan fingerprint density at radius 2 is 2.16 bits per heavy atom. The standard InChI is InChI=1S/C13H18N2O3S/c16-11(14-6-3-10-8-19-9-15-10)7-13(12(17)18)4-1-2-5-13/h8-9H,1-7H2,(H,14,16)(H,17,18). The number of hydrogen-bond acceptors (Lipinski definition) is 4. The summed E-state index contributed by atoms with van der Waals surface area (Å²) >= 11 is 1.53. The molecule has 6 heteroatoms. The van der Waals surface area contributed by atoms with Crippen molar-refractivity contribution in [1.29, 1.82) is 0 Å². The first-order valence-electron chi connectivity index (χ1n) is 6.50. The molecule has 104 valence electrons. The monoisotopic (exact) mass is 282 g/mol. The summed E-state index contributed by atoms with van der Waals surface area (Å²) in [6.07, 6.45) is 3.81. The van der Waals surface area contributed by atoms with Gasteiger partial charge in [-0.3, -0.25) is 9.59 Å². The van der Waals surface area contributed by atoms with Crippen LogP contribution in [0.1, 0.15) is 37.8 Å². The fraction of sp³-hybridized carbons (Fsp3) is 0.615. The first-order valence-corrected chi connectivity index (χ1v) is 7.44. The van der Waals surface area contributed by atoms with Gasteiger partial charge >= 0.3 is 5.97 Å². The van der Waals surface area contributed by atoms with Gasteiger partial charge in [-0.15, -0.1) is 11.3 Å². The van der Waals surface area contributed by atoms with Gasteiger partial charge in [-0.2, -0.15) is 0 Å². The van der Waals surface area contributed by atoms with Crippen molar-refractivity contribution in [2.75, 3.05) is 6.54 Å². The van der Waals surface area contributed by atoms with Crippen LogP contribution in [-0.4, -0.2) is 28.5 Å².